The molecule has 2 nitrogen and oxygen atoms in total. The summed E-state index contributed by atoms with van der Waals surface area (Å²) in [6, 6.07) is 0. The molecule has 0 bridgehead atoms. The van der Waals surface area contributed by atoms with Crippen molar-refractivity contribution in [3.63, 3.8) is 0 Å². The quantitative estimate of drug-likeness (QED) is 0.565. The van der Waals surface area contributed by atoms with Crippen molar-refractivity contribution in [2.45, 2.75) is 19.8 Å². The summed E-state index contributed by atoms with van der Waals surface area (Å²) < 4.78 is 16.4. The molecule has 0 aliphatic heterocycles. The Bertz CT molecular complexity index is 132. The van der Waals surface area contributed by atoms with E-state index in [9.17, 15) is 9.18 Å². The molecule has 58 valence electrons. The average molecular weight is 146 g/mol. The summed E-state index contributed by atoms with van der Waals surface area (Å²) in [4.78, 5) is 10.5. The highest BCUT2D eigenvalue weighted by Gasteiger charge is 2.01. The van der Waals surface area contributed by atoms with Crippen LogP contribution < -0.4 is 0 Å². The molecule has 0 fully saturated rings. The number of hydrogen-bond acceptors (Lipinski definition) is 2. The van der Waals surface area contributed by atoms with Gasteiger partial charge in [-0.05, 0) is 6.92 Å². The lowest BCUT2D eigenvalue weighted by molar-refractivity contribution is -0.143. The lowest BCUT2D eigenvalue weighted by atomic mass is 10.3. The van der Waals surface area contributed by atoms with Crippen LogP contribution in [0.4, 0.5) is 4.39 Å². The maximum Gasteiger partial charge on any atom is 0.306 e. The topological polar surface area (TPSA) is 26.3 Å². The summed E-state index contributed by atoms with van der Waals surface area (Å²) in [7, 11) is 0. The van der Waals surface area contributed by atoms with Crippen LogP contribution in [0, 0.1) is 0 Å². The average Bonchev–Trinajstić information content (AvgIpc) is 1.85. The van der Waals surface area contributed by atoms with Crippen molar-refractivity contribution >= 4 is 5.97 Å². The molecule has 0 spiro atoms. The Morgan fingerprint density at radius 3 is 2.60 bits per heavy atom. The first-order chi connectivity index (χ1) is 4.66. The van der Waals surface area contributed by atoms with Gasteiger partial charge >= 0.3 is 5.97 Å². The maximum absolute atomic E-state index is 11.9. The Kier molecular flexibility index (Phi) is 4.54. The van der Waals surface area contributed by atoms with E-state index in [0.29, 0.717) is 6.61 Å². The van der Waals surface area contributed by atoms with Crippen molar-refractivity contribution < 1.29 is 13.9 Å². The molecule has 0 radical (unpaired) electrons. The Hall–Kier alpha value is -0.860. The maximum atomic E-state index is 11.9. The SMILES string of the molecule is C=C(F)CCC(=O)OCC. The van der Waals surface area contributed by atoms with E-state index in [1.807, 2.05) is 0 Å². The van der Waals surface area contributed by atoms with Gasteiger partial charge in [-0.3, -0.25) is 4.79 Å². The number of halogens is 1. The molecule has 0 atom stereocenters. The summed E-state index contributed by atoms with van der Waals surface area (Å²) in [6.07, 6.45) is 0.155. The Morgan fingerprint density at radius 1 is 1.60 bits per heavy atom. The molecule has 0 N–H and O–H groups in total. The second kappa shape index (κ2) is 4.97. The Balaban J connectivity index is 3.30. The highest BCUT2D eigenvalue weighted by atomic mass is 19.1. The molecule has 0 amide bonds. The van der Waals surface area contributed by atoms with E-state index >= 15 is 0 Å². The van der Waals surface area contributed by atoms with Crippen molar-refractivity contribution in [1.29, 1.82) is 0 Å². The lowest BCUT2D eigenvalue weighted by Crippen LogP contribution is -2.02. The fourth-order valence-electron chi connectivity index (χ4n) is 0.471. The van der Waals surface area contributed by atoms with E-state index in [-0.39, 0.29) is 18.8 Å². The van der Waals surface area contributed by atoms with E-state index in [1.54, 1.807) is 6.92 Å². The molecule has 0 saturated carbocycles. The molecule has 3 heteroatoms. The van der Waals surface area contributed by atoms with Gasteiger partial charge in [0.05, 0.1) is 18.9 Å². The fraction of sp³-hybridized carbons (Fsp3) is 0.571. The number of ether oxygens (including phenoxy) is 1. The van der Waals surface area contributed by atoms with Crippen LogP contribution in [-0.4, -0.2) is 12.6 Å². The predicted molar refractivity (Wildman–Crippen MR) is 36.1 cm³/mol. The van der Waals surface area contributed by atoms with Gasteiger partial charge in [-0.25, -0.2) is 4.39 Å². The van der Waals surface area contributed by atoms with E-state index in [0.717, 1.165) is 0 Å². The number of allylic oxidation sites excluding steroid dienone is 1. The first-order valence-electron chi connectivity index (χ1n) is 3.15. The monoisotopic (exact) mass is 146 g/mol. The first-order valence-corrected chi connectivity index (χ1v) is 3.15. The van der Waals surface area contributed by atoms with Crippen LogP contribution in [0.3, 0.4) is 0 Å². The van der Waals surface area contributed by atoms with Crippen molar-refractivity contribution in [3.05, 3.63) is 12.4 Å². The minimum absolute atomic E-state index is 0.0683. The Labute approximate surface area is 59.7 Å². The summed E-state index contributed by atoms with van der Waals surface area (Å²) in [6.45, 7) is 5.07. The molecule has 0 aromatic carbocycles. The van der Waals surface area contributed by atoms with Crippen LogP contribution in [0.1, 0.15) is 19.8 Å². The van der Waals surface area contributed by atoms with Crippen LogP contribution in [0.25, 0.3) is 0 Å². The molecule has 0 unspecified atom stereocenters. The normalized spacial score (nSPS) is 9.00. The molecule has 10 heavy (non-hydrogen) atoms. The zero-order valence-corrected chi connectivity index (χ0v) is 6.02. The molecular weight excluding hydrogens is 135 g/mol. The standard InChI is InChI=1S/C7H11FO2/c1-3-10-7(9)5-4-6(2)8/h2-5H2,1H3. The highest BCUT2D eigenvalue weighted by molar-refractivity contribution is 5.69. The highest BCUT2D eigenvalue weighted by Crippen LogP contribution is 2.03. The predicted octanol–water partition coefficient (Wildman–Crippen LogP) is 1.81. The summed E-state index contributed by atoms with van der Waals surface area (Å²) in [5, 5.41) is 0. The number of hydrogen-bond donors (Lipinski definition) is 0. The van der Waals surface area contributed by atoms with Crippen molar-refractivity contribution in [1.82, 2.24) is 0 Å². The van der Waals surface area contributed by atoms with Gasteiger partial charge in [0, 0.05) is 6.42 Å². The summed E-state index contributed by atoms with van der Waals surface area (Å²) in [5.74, 6) is -0.852. The number of carbonyl (C=O) groups excluding carboxylic acids is 1. The van der Waals surface area contributed by atoms with Crippen molar-refractivity contribution in [2.24, 2.45) is 0 Å². The van der Waals surface area contributed by atoms with Gasteiger partial charge in [0.2, 0.25) is 0 Å². The minimum Gasteiger partial charge on any atom is -0.466 e. The smallest absolute Gasteiger partial charge is 0.306 e. The molecule has 0 heterocycles. The summed E-state index contributed by atoms with van der Waals surface area (Å²) >= 11 is 0. The summed E-state index contributed by atoms with van der Waals surface area (Å²) in [5.41, 5.74) is 0. The third-order valence-electron chi connectivity index (χ3n) is 0.906. The minimum atomic E-state index is -0.479. The van der Waals surface area contributed by atoms with Crippen molar-refractivity contribution in [2.75, 3.05) is 6.61 Å². The third-order valence-corrected chi connectivity index (χ3v) is 0.906. The second-order valence-corrected chi connectivity index (χ2v) is 1.82. The zero-order chi connectivity index (χ0) is 7.98. The van der Waals surface area contributed by atoms with Crippen LogP contribution >= 0.6 is 0 Å². The number of rotatable bonds is 4. The van der Waals surface area contributed by atoms with E-state index < -0.39 is 5.83 Å². The van der Waals surface area contributed by atoms with Gasteiger partial charge in [0.1, 0.15) is 0 Å². The molecule has 0 aromatic heterocycles. The zero-order valence-electron chi connectivity index (χ0n) is 6.02. The largest absolute Gasteiger partial charge is 0.466 e. The molecule has 0 aromatic rings. The van der Waals surface area contributed by atoms with Gasteiger partial charge < -0.3 is 4.74 Å². The molecule has 0 saturated heterocycles. The van der Waals surface area contributed by atoms with Gasteiger partial charge in [0.15, 0.2) is 0 Å². The fourth-order valence-corrected chi connectivity index (χ4v) is 0.471. The van der Waals surface area contributed by atoms with Crippen LogP contribution in [0.15, 0.2) is 12.4 Å². The number of carbonyl (C=O) groups is 1. The third kappa shape index (κ3) is 5.28. The first kappa shape index (κ1) is 9.14. The van der Waals surface area contributed by atoms with Crippen LogP contribution in [0.2, 0.25) is 0 Å². The van der Waals surface area contributed by atoms with Gasteiger partial charge in [0.25, 0.3) is 0 Å². The molecule has 0 aliphatic rings. The van der Waals surface area contributed by atoms with Crippen LogP contribution in [-0.2, 0) is 9.53 Å². The van der Waals surface area contributed by atoms with E-state index in [2.05, 4.69) is 11.3 Å². The molecular formula is C7H11FO2. The van der Waals surface area contributed by atoms with Crippen LogP contribution in [0.5, 0.6) is 0 Å². The molecule has 0 rings (SSSR count). The van der Waals surface area contributed by atoms with E-state index in [1.165, 1.54) is 0 Å². The number of esters is 1. The molecule has 0 aliphatic carbocycles. The van der Waals surface area contributed by atoms with Gasteiger partial charge in [-0.2, -0.15) is 0 Å². The van der Waals surface area contributed by atoms with Crippen molar-refractivity contribution in [3.8, 4) is 0 Å². The Morgan fingerprint density at radius 2 is 2.20 bits per heavy atom. The second-order valence-electron chi connectivity index (χ2n) is 1.82. The van der Waals surface area contributed by atoms with E-state index in [4.69, 9.17) is 0 Å². The lowest BCUT2D eigenvalue weighted by Gasteiger charge is -1.98. The van der Waals surface area contributed by atoms with Gasteiger partial charge in [-0.15, -0.1) is 0 Å². The van der Waals surface area contributed by atoms with Gasteiger partial charge in [-0.1, -0.05) is 6.58 Å².